The van der Waals surface area contributed by atoms with Gasteiger partial charge in [0, 0.05) is 55.7 Å². The maximum absolute atomic E-state index is 8.01. The largest absolute Gasteiger partial charge is 0.486 e. The van der Waals surface area contributed by atoms with Crippen LogP contribution in [0.4, 0.5) is 0 Å². The summed E-state index contributed by atoms with van der Waals surface area (Å²) in [5.41, 5.74) is 14.6. The van der Waals surface area contributed by atoms with Gasteiger partial charge in [-0.1, -0.05) is 131 Å². The molecule has 6 aromatic carbocycles. The number of pyridine rings is 2. The van der Waals surface area contributed by atoms with Gasteiger partial charge in [0.25, 0.3) is 0 Å². The number of nitrogens with zero attached hydrogens (tertiary/aromatic N) is 4. The minimum absolute atomic E-state index is 0. The Morgan fingerprint density at radius 2 is 1.56 bits per heavy atom. The van der Waals surface area contributed by atoms with Gasteiger partial charge in [-0.15, -0.1) is 53.6 Å². The molecule has 4 aromatic heterocycles. The number of fused-ring (bicyclic) bond motifs is 9. The molecular weight excluding hydrogens is 953 g/mol. The number of benzene rings is 6. The first-order valence-electron chi connectivity index (χ1n) is 21.5. The van der Waals surface area contributed by atoms with E-state index >= 15 is 0 Å². The quantitative estimate of drug-likeness (QED) is 0.127. The molecule has 0 N–H and O–H groups in total. The summed E-state index contributed by atoms with van der Waals surface area (Å²) in [7, 11) is -1.29. The summed E-state index contributed by atoms with van der Waals surface area (Å²) in [6.45, 7) is 17.6. The van der Waals surface area contributed by atoms with Crippen molar-refractivity contribution >= 4 is 57.1 Å². The Kier molecular flexibility index (Phi) is 10.2. The van der Waals surface area contributed by atoms with Crippen LogP contribution in [0.5, 0.6) is 0 Å². The van der Waals surface area contributed by atoms with Crippen LogP contribution in [0.3, 0.4) is 0 Å². The van der Waals surface area contributed by atoms with Crippen LogP contribution in [0, 0.1) is 19.1 Å². The van der Waals surface area contributed by atoms with Crippen LogP contribution in [-0.4, -0.2) is 27.6 Å². The number of imidazole rings is 1. The summed E-state index contributed by atoms with van der Waals surface area (Å²) >= 11 is 0. The van der Waals surface area contributed by atoms with E-state index in [1.54, 1.807) is 6.20 Å². The van der Waals surface area contributed by atoms with E-state index in [0.717, 1.165) is 66.7 Å². The Hall–Kier alpha value is -5.98. The van der Waals surface area contributed by atoms with Crippen LogP contribution < -0.4 is 5.19 Å². The van der Waals surface area contributed by atoms with Crippen molar-refractivity contribution in [1.82, 2.24) is 19.5 Å². The van der Waals surface area contributed by atoms with Gasteiger partial charge in [-0.3, -0.25) is 4.98 Å². The topological polar surface area (TPSA) is 56.7 Å². The molecule has 1 aliphatic carbocycles. The Morgan fingerprint density at radius 1 is 0.774 bits per heavy atom. The summed E-state index contributed by atoms with van der Waals surface area (Å²) < 4.78 is 16.7. The minimum Gasteiger partial charge on any atom is -0.486 e. The number of furan rings is 1. The number of hydrogen-bond acceptors (Lipinski definition) is 4. The maximum atomic E-state index is 8.01. The van der Waals surface area contributed by atoms with Gasteiger partial charge in [0.2, 0.25) is 5.71 Å². The normalized spacial score (nSPS) is 13.4. The van der Waals surface area contributed by atoms with E-state index < -0.39 is 14.0 Å². The first kappa shape index (κ1) is 40.1. The van der Waals surface area contributed by atoms with Gasteiger partial charge < -0.3 is 14.0 Å². The van der Waals surface area contributed by atoms with Crippen molar-refractivity contribution in [3.63, 3.8) is 0 Å². The Labute approximate surface area is 379 Å². The molecule has 0 aliphatic heterocycles. The first-order valence-corrected chi connectivity index (χ1v) is 24.5. The van der Waals surface area contributed by atoms with Crippen LogP contribution >= 0.6 is 0 Å². The molecule has 7 heteroatoms. The molecular formula is C55H48IrN4OSi-2. The van der Waals surface area contributed by atoms with E-state index in [4.69, 9.17) is 10.8 Å². The molecule has 5 nitrogen and oxygen atoms in total. The second kappa shape index (κ2) is 15.7. The van der Waals surface area contributed by atoms with E-state index in [9.17, 15) is 0 Å². The van der Waals surface area contributed by atoms with Crippen molar-refractivity contribution in [2.75, 3.05) is 0 Å². The molecule has 1 aliphatic rings. The van der Waals surface area contributed by atoms with Crippen LogP contribution in [0.2, 0.25) is 19.6 Å². The van der Waals surface area contributed by atoms with Gasteiger partial charge in [0.15, 0.2) is 0 Å². The average molecular weight is 1000 g/mol. The van der Waals surface area contributed by atoms with Crippen molar-refractivity contribution in [3.8, 4) is 39.5 Å². The standard InChI is InChI=1S/C38H26N3O.C17H22NSi.Ir/c1-22-20-29-25-12-6-7-16-30(25)38(2,3)31(29)21-33(22)41-34-24-11-5-4-10-23(24)17-18-32(34)40-36(41)28-14-8-13-26-27-15-9-19-39-37(27)42-35(26)28;1-13(2)14-6-8-15(9-7-14)17-11-10-16(12-18-17)19(3,4)5;/h4-13,15-21H,1-3H3;6-8,10-13H,1-5H3;/q2*-1;/i;13D;. The molecule has 0 amide bonds. The van der Waals surface area contributed by atoms with Crippen molar-refractivity contribution in [3.05, 3.63) is 174 Å². The fourth-order valence-corrected chi connectivity index (χ4v) is 10.00. The first-order chi connectivity index (χ1) is 29.7. The zero-order chi connectivity index (χ0) is 43.1. The molecule has 1 radical (unpaired) electrons. The van der Waals surface area contributed by atoms with E-state index in [2.05, 4.69) is 164 Å². The molecule has 0 atom stereocenters. The summed E-state index contributed by atoms with van der Waals surface area (Å²) in [5, 5.41) is 5.71. The predicted molar refractivity (Wildman–Crippen MR) is 256 cm³/mol. The summed E-state index contributed by atoms with van der Waals surface area (Å²) in [6, 6.07) is 51.3. The molecule has 0 fully saturated rings. The molecule has 10 aromatic rings. The summed E-state index contributed by atoms with van der Waals surface area (Å²) in [6.07, 6.45) is 3.76. The number of aromatic nitrogens is 4. The van der Waals surface area contributed by atoms with Gasteiger partial charge in [-0.2, -0.15) is 0 Å². The third-order valence-corrected chi connectivity index (χ3v) is 14.4. The SMILES string of the molecule is Cc1cc2c(cc1-n1c(-c3[c-]ccc4c3oc3ncccc34)nc3ccc4ccccc4c31)C(C)(C)c1ccccc1-2.[2H]C(C)(C)c1c[c-]c(-c2ccc([Si](C)(C)C)cn2)cc1.[Ir]. The summed E-state index contributed by atoms with van der Waals surface area (Å²) in [4.78, 5) is 14.4. The van der Waals surface area contributed by atoms with E-state index in [1.165, 1.54) is 38.4 Å². The fourth-order valence-electron chi connectivity index (χ4n) is 8.96. The Balaban J connectivity index is 0.000000204. The molecule has 62 heavy (non-hydrogen) atoms. The van der Waals surface area contributed by atoms with Crippen LogP contribution in [0.15, 0.2) is 144 Å². The average Bonchev–Trinajstić information content (AvgIpc) is 3.91. The smallest absolute Gasteiger partial charge is 0.216 e. The van der Waals surface area contributed by atoms with Crippen LogP contribution in [-0.2, 0) is 25.5 Å². The van der Waals surface area contributed by atoms with Gasteiger partial charge in [-0.05, 0) is 81.3 Å². The van der Waals surface area contributed by atoms with E-state index in [0.29, 0.717) is 5.71 Å². The van der Waals surface area contributed by atoms with Crippen LogP contribution in [0.25, 0.3) is 83.3 Å². The van der Waals surface area contributed by atoms with Gasteiger partial charge >= 0.3 is 0 Å². The number of aryl methyl sites for hydroxylation is 1. The monoisotopic (exact) mass is 1000 g/mol. The molecule has 0 saturated carbocycles. The van der Waals surface area contributed by atoms with E-state index in [1.807, 2.05) is 50.4 Å². The van der Waals surface area contributed by atoms with E-state index in [-0.39, 0.29) is 25.5 Å². The number of hydrogen-bond donors (Lipinski definition) is 0. The van der Waals surface area contributed by atoms with Gasteiger partial charge in [0.1, 0.15) is 0 Å². The van der Waals surface area contributed by atoms with Crippen molar-refractivity contribution in [2.45, 2.75) is 65.6 Å². The molecule has 0 saturated heterocycles. The predicted octanol–water partition coefficient (Wildman–Crippen LogP) is 13.8. The second-order valence-corrected chi connectivity index (χ2v) is 23.1. The molecule has 0 spiro atoms. The van der Waals surface area contributed by atoms with Crippen molar-refractivity contribution < 1.29 is 25.9 Å². The third-order valence-electron chi connectivity index (χ3n) is 12.4. The Morgan fingerprint density at radius 3 is 2.32 bits per heavy atom. The number of rotatable bonds is 5. The fraction of sp³-hybridized carbons (Fsp3) is 0.182. The molecule has 0 unspecified atom stereocenters. The van der Waals surface area contributed by atoms with Crippen molar-refractivity contribution in [1.29, 1.82) is 0 Å². The zero-order valence-corrected chi connectivity index (χ0v) is 39.7. The van der Waals surface area contributed by atoms with Crippen molar-refractivity contribution in [2.24, 2.45) is 0 Å². The zero-order valence-electron chi connectivity index (χ0n) is 37.3. The van der Waals surface area contributed by atoms with Gasteiger partial charge in [-0.25, -0.2) is 4.98 Å². The van der Waals surface area contributed by atoms with Gasteiger partial charge in [0.05, 0.1) is 30.5 Å². The molecule has 0 bridgehead atoms. The second-order valence-electron chi connectivity index (χ2n) is 18.0. The molecule has 309 valence electrons. The summed E-state index contributed by atoms with van der Waals surface area (Å²) in [5.74, 6) is 0.229. The molecule has 11 rings (SSSR count). The Bertz CT molecular complexity index is 3300. The third kappa shape index (κ3) is 6.93. The minimum atomic E-state index is -1.29. The van der Waals surface area contributed by atoms with Crippen LogP contribution in [0.1, 0.15) is 57.2 Å². The maximum Gasteiger partial charge on any atom is 0.216 e. The molecule has 4 heterocycles.